The van der Waals surface area contributed by atoms with E-state index in [1.807, 2.05) is 52.9 Å². The van der Waals surface area contributed by atoms with Crippen LogP contribution in [0.15, 0.2) is 53.1 Å². The van der Waals surface area contributed by atoms with Gasteiger partial charge in [0.1, 0.15) is 18.1 Å². The molecule has 0 N–H and O–H groups in total. The number of halogens is 1. The average molecular weight is 331 g/mol. The molecular formula is C15H11BrN2O2. The second-order valence-corrected chi connectivity index (χ2v) is 5.01. The van der Waals surface area contributed by atoms with Crippen LogP contribution in [0.2, 0.25) is 0 Å². The summed E-state index contributed by atoms with van der Waals surface area (Å²) >= 11 is 3.47. The summed E-state index contributed by atoms with van der Waals surface area (Å²) in [6, 6.07) is 15.1. The third-order valence-electron chi connectivity index (χ3n) is 2.94. The first-order valence-electron chi connectivity index (χ1n) is 6.08. The first-order chi connectivity index (χ1) is 9.79. The van der Waals surface area contributed by atoms with Crippen LogP contribution in [0.25, 0.3) is 5.52 Å². The number of nitrogens with zero attached hydrogens (tertiary/aromatic N) is 2. The number of benzene rings is 1. The topological polar surface area (TPSA) is 43.6 Å². The fraction of sp³-hybridized carbons (Fsp3) is 0.0667. The van der Waals surface area contributed by atoms with Gasteiger partial charge in [0.25, 0.3) is 0 Å². The van der Waals surface area contributed by atoms with Crippen LogP contribution in [0.1, 0.15) is 16.3 Å². The highest BCUT2D eigenvalue weighted by Crippen LogP contribution is 2.20. The lowest BCUT2D eigenvalue weighted by Crippen LogP contribution is -2.02. The van der Waals surface area contributed by atoms with Gasteiger partial charge in [-0.1, -0.05) is 24.3 Å². The summed E-state index contributed by atoms with van der Waals surface area (Å²) in [5.74, 6) is 1.45. The molecule has 0 spiro atoms. The summed E-state index contributed by atoms with van der Waals surface area (Å²) in [5.41, 5.74) is 1.18. The smallest absolute Gasteiger partial charge is 0.170 e. The van der Waals surface area contributed by atoms with Crippen LogP contribution < -0.4 is 4.74 Å². The summed E-state index contributed by atoms with van der Waals surface area (Å²) in [4.78, 5) is 15.4. The number of carbonyl (C=O) groups excluding carboxylic acids is 1. The van der Waals surface area contributed by atoms with Crippen LogP contribution in [0.4, 0.5) is 0 Å². The standard InChI is InChI=1S/C15H11BrN2O2/c16-14-8-4-7-13-12(9-19)17-15(18(13)14)10-20-11-5-2-1-3-6-11/h1-9H,10H2. The van der Waals surface area contributed by atoms with Crippen LogP contribution in [0, 0.1) is 0 Å². The molecule has 0 radical (unpaired) electrons. The van der Waals surface area contributed by atoms with E-state index in [0.717, 1.165) is 22.2 Å². The van der Waals surface area contributed by atoms with Crippen LogP contribution in [0.5, 0.6) is 5.75 Å². The van der Waals surface area contributed by atoms with Crippen molar-refractivity contribution in [3.8, 4) is 5.75 Å². The lowest BCUT2D eigenvalue weighted by molar-refractivity contribution is 0.112. The van der Waals surface area contributed by atoms with Gasteiger partial charge in [-0.2, -0.15) is 0 Å². The highest BCUT2D eigenvalue weighted by molar-refractivity contribution is 9.10. The summed E-state index contributed by atoms with van der Waals surface area (Å²) in [5, 5.41) is 0. The number of aldehydes is 1. The number of pyridine rings is 1. The van der Waals surface area contributed by atoms with Gasteiger partial charge in [-0.15, -0.1) is 0 Å². The molecule has 0 bridgehead atoms. The van der Waals surface area contributed by atoms with Gasteiger partial charge in [0.15, 0.2) is 12.1 Å². The predicted molar refractivity (Wildman–Crippen MR) is 79.1 cm³/mol. The minimum absolute atomic E-state index is 0.293. The minimum atomic E-state index is 0.293. The number of imidazole rings is 1. The molecule has 3 rings (SSSR count). The van der Waals surface area contributed by atoms with Gasteiger partial charge in [-0.05, 0) is 40.2 Å². The minimum Gasteiger partial charge on any atom is -0.486 e. The van der Waals surface area contributed by atoms with Crippen LogP contribution in [-0.4, -0.2) is 15.7 Å². The monoisotopic (exact) mass is 330 g/mol. The number of aromatic nitrogens is 2. The number of ether oxygens (including phenoxy) is 1. The Balaban J connectivity index is 1.97. The van der Waals surface area contributed by atoms with Crippen LogP contribution in [-0.2, 0) is 6.61 Å². The molecule has 20 heavy (non-hydrogen) atoms. The van der Waals surface area contributed by atoms with Crippen molar-refractivity contribution >= 4 is 27.7 Å². The van der Waals surface area contributed by atoms with Gasteiger partial charge in [-0.3, -0.25) is 9.20 Å². The van der Waals surface area contributed by atoms with Gasteiger partial charge in [0.2, 0.25) is 0 Å². The van der Waals surface area contributed by atoms with Crippen LogP contribution >= 0.6 is 15.9 Å². The maximum atomic E-state index is 11.1. The molecule has 0 amide bonds. The van der Waals surface area contributed by atoms with E-state index in [-0.39, 0.29) is 0 Å². The van der Waals surface area contributed by atoms with Crippen molar-refractivity contribution in [2.24, 2.45) is 0 Å². The van der Waals surface area contributed by atoms with Crippen molar-refractivity contribution in [3.05, 3.63) is 64.7 Å². The van der Waals surface area contributed by atoms with E-state index < -0.39 is 0 Å². The third kappa shape index (κ3) is 2.32. The second-order valence-electron chi connectivity index (χ2n) is 4.20. The molecule has 0 aliphatic carbocycles. The SMILES string of the molecule is O=Cc1nc(COc2ccccc2)n2c(Br)cccc12. The molecular weight excluding hydrogens is 320 g/mol. The van der Waals surface area contributed by atoms with Crippen molar-refractivity contribution < 1.29 is 9.53 Å². The molecule has 100 valence electrons. The molecule has 5 heteroatoms. The molecule has 0 fully saturated rings. The molecule has 1 aromatic carbocycles. The predicted octanol–water partition coefficient (Wildman–Crippen LogP) is 3.49. The Morgan fingerprint density at radius 3 is 2.70 bits per heavy atom. The molecule has 3 aromatic rings. The van der Waals surface area contributed by atoms with Gasteiger partial charge in [0.05, 0.1) is 10.1 Å². The van der Waals surface area contributed by atoms with E-state index in [1.54, 1.807) is 0 Å². The van der Waals surface area contributed by atoms with E-state index in [0.29, 0.717) is 18.1 Å². The van der Waals surface area contributed by atoms with E-state index in [9.17, 15) is 4.79 Å². The van der Waals surface area contributed by atoms with E-state index in [2.05, 4.69) is 20.9 Å². The van der Waals surface area contributed by atoms with Crippen molar-refractivity contribution in [3.63, 3.8) is 0 Å². The normalized spacial score (nSPS) is 10.7. The Labute approximate surface area is 124 Å². The Kier molecular flexibility index (Phi) is 3.52. The van der Waals surface area contributed by atoms with Crippen LogP contribution in [0.3, 0.4) is 0 Å². The number of hydrogen-bond acceptors (Lipinski definition) is 3. The number of hydrogen-bond donors (Lipinski definition) is 0. The highest BCUT2D eigenvalue weighted by atomic mass is 79.9. The van der Waals surface area contributed by atoms with Crippen molar-refractivity contribution in [2.45, 2.75) is 6.61 Å². The summed E-state index contributed by atoms with van der Waals surface area (Å²) in [7, 11) is 0. The molecule has 0 atom stereocenters. The summed E-state index contributed by atoms with van der Waals surface area (Å²) < 4.78 is 8.40. The Morgan fingerprint density at radius 1 is 1.15 bits per heavy atom. The molecule has 0 aliphatic heterocycles. The van der Waals surface area contributed by atoms with Crippen molar-refractivity contribution in [2.75, 3.05) is 0 Å². The number of fused-ring (bicyclic) bond motifs is 1. The Hall–Kier alpha value is -2.14. The molecule has 0 saturated heterocycles. The third-order valence-corrected chi connectivity index (χ3v) is 3.55. The highest BCUT2D eigenvalue weighted by Gasteiger charge is 2.12. The largest absolute Gasteiger partial charge is 0.486 e. The Bertz CT molecular complexity index is 753. The zero-order chi connectivity index (χ0) is 13.9. The van der Waals surface area contributed by atoms with Crippen molar-refractivity contribution in [1.82, 2.24) is 9.38 Å². The fourth-order valence-electron chi connectivity index (χ4n) is 2.04. The second kappa shape index (κ2) is 5.46. The summed E-state index contributed by atoms with van der Waals surface area (Å²) in [6.07, 6.45) is 0.758. The van der Waals surface area contributed by atoms with Gasteiger partial charge in [-0.25, -0.2) is 4.98 Å². The maximum absolute atomic E-state index is 11.1. The molecule has 0 aliphatic rings. The summed E-state index contributed by atoms with van der Waals surface area (Å²) in [6.45, 7) is 0.293. The zero-order valence-corrected chi connectivity index (χ0v) is 12.1. The first kappa shape index (κ1) is 12.9. The number of para-hydroxylation sites is 1. The molecule has 0 unspecified atom stereocenters. The molecule has 0 saturated carbocycles. The lowest BCUT2D eigenvalue weighted by Gasteiger charge is -2.06. The average Bonchev–Trinajstić information content (AvgIpc) is 2.86. The number of carbonyl (C=O) groups is 1. The fourth-order valence-corrected chi connectivity index (χ4v) is 2.59. The lowest BCUT2D eigenvalue weighted by atomic mass is 10.3. The zero-order valence-electron chi connectivity index (χ0n) is 10.5. The molecule has 2 heterocycles. The van der Waals surface area contributed by atoms with E-state index in [4.69, 9.17) is 4.74 Å². The Morgan fingerprint density at radius 2 is 1.95 bits per heavy atom. The maximum Gasteiger partial charge on any atom is 0.170 e. The first-order valence-corrected chi connectivity index (χ1v) is 6.88. The number of rotatable bonds is 4. The van der Waals surface area contributed by atoms with Crippen molar-refractivity contribution in [1.29, 1.82) is 0 Å². The van der Waals surface area contributed by atoms with E-state index in [1.165, 1.54) is 0 Å². The van der Waals surface area contributed by atoms with Gasteiger partial charge in [0, 0.05) is 0 Å². The van der Waals surface area contributed by atoms with Gasteiger partial charge < -0.3 is 4.74 Å². The van der Waals surface area contributed by atoms with Gasteiger partial charge >= 0.3 is 0 Å². The van der Waals surface area contributed by atoms with E-state index >= 15 is 0 Å². The molecule has 2 aromatic heterocycles. The molecule has 4 nitrogen and oxygen atoms in total. The quantitative estimate of drug-likeness (QED) is 0.543.